The summed E-state index contributed by atoms with van der Waals surface area (Å²) in [6.45, 7) is 0. The molecule has 8 aromatic carbocycles. The molecular weight excluding hydrogens is 583 g/mol. The molecule has 0 saturated heterocycles. The lowest BCUT2D eigenvalue weighted by Crippen LogP contribution is -2.11. The normalized spacial score (nSPS) is 11.3. The minimum absolute atomic E-state index is 0.898. The van der Waals surface area contributed by atoms with E-state index in [-0.39, 0.29) is 0 Å². The van der Waals surface area contributed by atoms with Crippen molar-refractivity contribution in [2.45, 2.75) is 0 Å². The van der Waals surface area contributed by atoms with Crippen LogP contribution in [0.5, 0.6) is 0 Å². The van der Waals surface area contributed by atoms with E-state index < -0.39 is 0 Å². The van der Waals surface area contributed by atoms with Gasteiger partial charge in [-0.2, -0.15) is 0 Å². The molecule has 0 saturated carbocycles. The van der Waals surface area contributed by atoms with Gasteiger partial charge in [0.2, 0.25) is 0 Å². The molecule has 9 rings (SSSR count). The van der Waals surface area contributed by atoms with Crippen LogP contribution >= 0.6 is 0 Å². The van der Waals surface area contributed by atoms with Crippen molar-refractivity contribution in [2.75, 3.05) is 4.90 Å². The summed E-state index contributed by atoms with van der Waals surface area (Å²) in [6.07, 6.45) is 0. The van der Waals surface area contributed by atoms with Crippen molar-refractivity contribution in [3.8, 4) is 33.4 Å². The van der Waals surface area contributed by atoms with E-state index in [0.717, 1.165) is 50.1 Å². The molecule has 0 bridgehead atoms. The van der Waals surface area contributed by atoms with Crippen LogP contribution in [-0.2, 0) is 0 Å². The first-order chi connectivity index (χ1) is 23.8. The van der Waals surface area contributed by atoms with Gasteiger partial charge in [0.25, 0.3) is 0 Å². The van der Waals surface area contributed by atoms with Crippen LogP contribution in [0.1, 0.15) is 0 Å². The largest absolute Gasteiger partial charge is 0.456 e. The van der Waals surface area contributed by atoms with Crippen LogP contribution in [0.15, 0.2) is 192 Å². The van der Waals surface area contributed by atoms with Gasteiger partial charge < -0.3 is 9.32 Å². The van der Waals surface area contributed by atoms with Crippen LogP contribution < -0.4 is 4.90 Å². The maximum absolute atomic E-state index is 6.26. The fourth-order valence-corrected chi connectivity index (χ4v) is 7.05. The zero-order valence-electron chi connectivity index (χ0n) is 26.3. The van der Waals surface area contributed by atoms with Gasteiger partial charge in [0.15, 0.2) is 0 Å². The van der Waals surface area contributed by atoms with Gasteiger partial charge in [-0.1, -0.05) is 140 Å². The molecule has 0 amide bonds. The summed E-state index contributed by atoms with van der Waals surface area (Å²) in [4.78, 5) is 2.38. The Morgan fingerprint density at radius 1 is 0.354 bits per heavy atom. The average molecular weight is 614 g/mol. The second-order valence-corrected chi connectivity index (χ2v) is 12.1. The Hall–Kier alpha value is -6.38. The minimum atomic E-state index is 0.898. The molecule has 1 aromatic heterocycles. The number of hydrogen-bond acceptors (Lipinski definition) is 2. The van der Waals surface area contributed by atoms with E-state index in [4.69, 9.17) is 4.42 Å². The van der Waals surface area contributed by atoms with Crippen LogP contribution in [0.4, 0.5) is 17.1 Å². The van der Waals surface area contributed by atoms with Crippen molar-refractivity contribution in [1.82, 2.24) is 0 Å². The quantitative estimate of drug-likeness (QED) is 0.185. The van der Waals surface area contributed by atoms with E-state index in [1.165, 1.54) is 33.0 Å². The van der Waals surface area contributed by atoms with E-state index in [0.29, 0.717) is 0 Å². The van der Waals surface area contributed by atoms with E-state index >= 15 is 0 Å². The van der Waals surface area contributed by atoms with Gasteiger partial charge in [-0.15, -0.1) is 0 Å². The smallest absolute Gasteiger partial charge is 0.136 e. The van der Waals surface area contributed by atoms with Crippen molar-refractivity contribution in [1.29, 1.82) is 0 Å². The highest BCUT2D eigenvalue weighted by molar-refractivity contribution is 6.09. The molecule has 0 fully saturated rings. The second kappa shape index (κ2) is 11.8. The molecule has 0 aliphatic heterocycles. The van der Waals surface area contributed by atoms with Crippen molar-refractivity contribution in [3.63, 3.8) is 0 Å². The first-order valence-corrected chi connectivity index (χ1v) is 16.4. The molecule has 48 heavy (non-hydrogen) atoms. The molecule has 0 radical (unpaired) electrons. The predicted octanol–water partition coefficient (Wildman–Crippen LogP) is 13.2. The van der Waals surface area contributed by atoms with Gasteiger partial charge in [-0.05, 0) is 87.1 Å². The van der Waals surface area contributed by atoms with Crippen molar-refractivity contribution < 1.29 is 4.42 Å². The van der Waals surface area contributed by atoms with Crippen LogP contribution in [0.2, 0.25) is 0 Å². The summed E-state index contributed by atoms with van der Waals surface area (Å²) in [5.41, 5.74) is 12.2. The summed E-state index contributed by atoms with van der Waals surface area (Å²) >= 11 is 0. The lowest BCUT2D eigenvalue weighted by atomic mass is 9.90. The van der Waals surface area contributed by atoms with Crippen molar-refractivity contribution in [3.05, 3.63) is 188 Å². The summed E-state index contributed by atoms with van der Waals surface area (Å²) in [6, 6.07) is 67.0. The molecule has 0 unspecified atom stereocenters. The van der Waals surface area contributed by atoms with E-state index in [1.807, 2.05) is 12.1 Å². The first kappa shape index (κ1) is 27.9. The summed E-state index contributed by atoms with van der Waals surface area (Å²) in [5, 5.41) is 4.75. The number of anilines is 3. The maximum atomic E-state index is 6.26. The Labute approximate surface area is 279 Å². The molecule has 226 valence electrons. The third kappa shape index (κ3) is 4.83. The van der Waals surface area contributed by atoms with E-state index in [1.54, 1.807) is 0 Å². The van der Waals surface area contributed by atoms with Crippen LogP contribution in [-0.4, -0.2) is 0 Å². The second-order valence-electron chi connectivity index (χ2n) is 12.1. The molecule has 0 atom stereocenters. The highest BCUT2D eigenvalue weighted by Gasteiger charge is 2.20. The summed E-state index contributed by atoms with van der Waals surface area (Å²) < 4.78 is 6.26. The molecule has 0 spiro atoms. The SMILES string of the molecule is c1ccc(-c2cccc3cccc(-c4ccccc4N(c4ccccc4)c4cccc(-c5ccc6c(c5)oc5ccccc56)c4)c23)cc1. The fourth-order valence-electron chi connectivity index (χ4n) is 7.05. The molecule has 2 heteroatoms. The highest BCUT2D eigenvalue weighted by Crippen LogP contribution is 2.45. The van der Waals surface area contributed by atoms with Gasteiger partial charge >= 0.3 is 0 Å². The van der Waals surface area contributed by atoms with Crippen LogP contribution in [0.25, 0.3) is 66.1 Å². The number of para-hydroxylation sites is 3. The number of rotatable bonds is 6. The number of nitrogens with zero attached hydrogens (tertiary/aromatic N) is 1. The van der Waals surface area contributed by atoms with Gasteiger partial charge in [0.05, 0.1) is 5.69 Å². The Bertz CT molecular complexity index is 2560. The first-order valence-electron chi connectivity index (χ1n) is 16.4. The van der Waals surface area contributed by atoms with Crippen molar-refractivity contribution >= 4 is 49.8 Å². The Morgan fingerprint density at radius 2 is 0.958 bits per heavy atom. The van der Waals surface area contributed by atoms with Crippen LogP contribution in [0, 0.1) is 0 Å². The molecule has 9 aromatic rings. The minimum Gasteiger partial charge on any atom is -0.456 e. The van der Waals surface area contributed by atoms with Crippen LogP contribution in [0.3, 0.4) is 0 Å². The zero-order valence-corrected chi connectivity index (χ0v) is 26.3. The third-order valence-electron chi connectivity index (χ3n) is 9.26. The number of benzene rings is 8. The Morgan fingerprint density at radius 3 is 1.81 bits per heavy atom. The van der Waals surface area contributed by atoms with Gasteiger partial charge in [0, 0.05) is 27.7 Å². The molecule has 0 N–H and O–H groups in total. The van der Waals surface area contributed by atoms with E-state index in [2.05, 4.69) is 181 Å². The average Bonchev–Trinajstić information content (AvgIpc) is 3.54. The monoisotopic (exact) mass is 613 g/mol. The molecular formula is C46H31NO. The maximum Gasteiger partial charge on any atom is 0.136 e. The summed E-state index contributed by atoms with van der Waals surface area (Å²) in [7, 11) is 0. The van der Waals surface area contributed by atoms with Crippen molar-refractivity contribution in [2.24, 2.45) is 0 Å². The predicted molar refractivity (Wildman–Crippen MR) is 202 cm³/mol. The number of fused-ring (bicyclic) bond motifs is 4. The standard InChI is InChI=1S/C46H31NO/c1-3-14-32(15-4-1)38-24-12-16-33-17-13-25-42(46(33)38)39-22-7-9-26-43(39)47(36-19-5-2-6-20-36)37-21-11-18-34(30-37)35-28-29-41-40-23-8-10-27-44(40)48-45(41)31-35/h1-31H. The third-order valence-corrected chi connectivity index (χ3v) is 9.26. The van der Waals surface area contributed by atoms with Gasteiger partial charge in [0.1, 0.15) is 11.2 Å². The molecule has 0 aliphatic rings. The molecule has 1 heterocycles. The summed E-state index contributed by atoms with van der Waals surface area (Å²) in [5.74, 6) is 0. The van der Waals surface area contributed by atoms with Gasteiger partial charge in [-0.3, -0.25) is 0 Å². The highest BCUT2D eigenvalue weighted by atomic mass is 16.3. The number of furan rings is 1. The van der Waals surface area contributed by atoms with Gasteiger partial charge in [-0.25, -0.2) is 0 Å². The topological polar surface area (TPSA) is 16.4 Å². The van der Waals surface area contributed by atoms with E-state index in [9.17, 15) is 0 Å². The zero-order chi connectivity index (χ0) is 31.9. The lowest BCUT2D eigenvalue weighted by Gasteiger charge is -2.28. The Balaban J connectivity index is 1.23. The lowest BCUT2D eigenvalue weighted by molar-refractivity contribution is 0.669. The molecule has 2 nitrogen and oxygen atoms in total. The molecule has 0 aliphatic carbocycles. The Kier molecular flexibility index (Phi) is 6.84. The number of hydrogen-bond donors (Lipinski definition) is 0. The fraction of sp³-hybridized carbons (Fsp3) is 0.